The van der Waals surface area contributed by atoms with Crippen molar-refractivity contribution in [1.29, 1.82) is 0 Å². The van der Waals surface area contributed by atoms with Gasteiger partial charge in [0, 0.05) is 39.9 Å². The number of phenolic OH excluding ortho intramolecular Hbond substituents is 1. The molecular formula is C18H17BrFN3O2S. The number of pyridine rings is 1. The van der Waals surface area contributed by atoms with Gasteiger partial charge in [-0.15, -0.1) is 0 Å². The van der Waals surface area contributed by atoms with Crippen LogP contribution in [0.1, 0.15) is 16.7 Å². The predicted molar refractivity (Wildman–Crippen MR) is 103 cm³/mol. The van der Waals surface area contributed by atoms with E-state index in [9.17, 15) is 9.50 Å². The molecule has 2 atom stereocenters. The van der Waals surface area contributed by atoms with Gasteiger partial charge in [0.2, 0.25) is 5.88 Å². The first-order valence-electron chi connectivity index (χ1n) is 8.12. The molecule has 136 valence electrons. The third-order valence-electron chi connectivity index (χ3n) is 5.13. The van der Waals surface area contributed by atoms with E-state index in [1.54, 1.807) is 13.3 Å². The summed E-state index contributed by atoms with van der Waals surface area (Å²) in [6.45, 7) is 0. The van der Waals surface area contributed by atoms with Crippen molar-refractivity contribution in [3.63, 3.8) is 0 Å². The van der Waals surface area contributed by atoms with Crippen molar-refractivity contribution >= 4 is 32.9 Å². The summed E-state index contributed by atoms with van der Waals surface area (Å²) in [5.41, 5.74) is 7.52. The van der Waals surface area contributed by atoms with Gasteiger partial charge in [-0.1, -0.05) is 11.8 Å². The second-order valence-electron chi connectivity index (χ2n) is 6.50. The second kappa shape index (κ2) is 6.42. The Balaban J connectivity index is 1.97. The first kappa shape index (κ1) is 17.6. The molecule has 4 rings (SSSR count). The summed E-state index contributed by atoms with van der Waals surface area (Å²) in [5.74, 6) is 0.870. The molecule has 1 aliphatic heterocycles. The minimum absolute atomic E-state index is 0.00616. The average molecular weight is 438 g/mol. The fourth-order valence-electron chi connectivity index (χ4n) is 3.92. The number of benzene rings is 1. The lowest BCUT2D eigenvalue weighted by Gasteiger charge is -2.45. The molecule has 1 aromatic carbocycles. The zero-order valence-corrected chi connectivity index (χ0v) is 16.4. The van der Waals surface area contributed by atoms with Crippen LogP contribution in [0.3, 0.4) is 0 Å². The number of nitrogens with two attached hydrogens (primary N) is 1. The van der Waals surface area contributed by atoms with Crippen LogP contribution >= 0.6 is 27.7 Å². The van der Waals surface area contributed by atoms with E-state index in [1.807, 2.05) is 0 Å². The molecule has 0 amide bonds. The zero-order chi connectivity index (χ0) is 18.5. The second-order valence-corrected chi connectivity index (χ2v) is 8.39. The van der Waals surface area contributed by atoms with Gasteiger partial charge in [0.15, 0.2) is 5.17 Å². The van der Waals surface area contributed by atoms with Crippen molar-refractivity contribution < 1.29 is 14.2 Å². The highest BCUT2D eigenvalue weighted by Crippen LogP contribution is 2.51. The van der Waals surface area contributed by atoms with E-state index in [0.717, 1.165) is 21.4 Å². The van der Waals surface area contributed by atoms with Gasteiger partial charge >= 0.3 is 0 Å². The summed E-state index contributed by atoms with van der Waals surface area (Å²) in [7, 11) is 1.57. The number of ether oxygens (including phenoxy) is 1. The lowest BCUT2D eigenvalue weighted by Crippen LogP contribution is -2.46. The molecule has 0 saturated heterocycles. The number of hydrogen-bond donors (Lipinski definition) is 2. The fourth-order valence-corrected chi connectivity index (χ4v) is 5.41. The van der Waals surface area contributed by atoms with Gasteiger partial charge in [0.05, 0.1) is 12.6 Å². The summed E-state index contributed by atoms with van der Waals surface area (Å²) in [5, 5.41) is 10.4. The van der Waals surface area contributed by atoms with Crippen LogP contribution in [0.5, 0.6) is 11.6 Å². The van der Waals surface area contributed by atoms with E-state index in [1.165, 1.54) is 30.0 Å². The number of thioether (sulfide) groups is 1. The number of aromatic hydroxyl groups is 1. The minimum Gasteiger partial charge on any atom is -0.508 e. The molecule has 2 heterocycles. The Morgan fingerprint density at radius 2 is 2.23 bits per heavy atom. The van der Waals surface area contributed by atoms with Crippen LogP contribution in [0.25, 0.3) is 0 Å². The summed E-state index contributed by atoms with van der Waals surface area (Å²) in [6.07, 6.45) is 2.82. The van der Waals surface area contributed by atoms with Crippen molar-refractivity contribution in [3.05, 3.63) is 51.4 Å². The van der Waals surface area contributed by atoms with Crippen LogP contribution in [0.2, 0.25) is 0 Å². The smallest absolute Gasteiger partial charge is 0.216 e. The molecule has 26 heavy (non-hydrogen) atoms. The SMILES string of the molecule is COc1ncc(Br)c2c1CC1(c3cc(O)ccc3F)N=C(N)SCC1C2. The van der Waals surface area contributed by atoms with Gasteiger partial charge in [-0.05, 0) is 46.1 Å². The number of methoxy groups -OCH3 is 1. The Morgan fingerprint density at radius 3 is 3.00 bits per heavy atom. The molecule has 0 fully saturated rings. The number of aromatic nitrogens is 1. The summed E-state index contributed by atoms with van der Waals surface area (Å²) in [6, 6.07) is 4.07. The van der Waals surface area contributed by atoms with E-state index in [4.69, 9.17) is 15.5 Å². The molecule has 0 bridgehead atoms. The Kier molecular flexibility index (Phi) is 4.35. The third-order valence-corrected chi connectivity index (χ3v) is 6.77. The monoisotopic (exact) mass is 437 g/mol. The standard InChI is InChI=1S/C18H17BrFN3O2S/c1-25-16-12-6-18(13-5-10(24)2-3-15(13)20)9(8-26-17(21)23-18)4-11(12)14(19)7-22-16/h2-3,5,7,9,24H,4,6,8H2,1H3,(H2,21,23). The highest BCUT2D eigenvalue weighted by Gasteiger charge is 2.49. The normalized spacial score (nSPS) is 24.4. The number of nitrogens with zero attached hydrogens (tertiary/aromatic N) is 2. The number of amidine groups is 1. The van der Waals surface area contributed by atoms with Crippen molar-refractivity contribution in [2.24, 2.45) is 16.6 Å². The fraction of sp³-hybridized carbons (Fsp3) is 0.333. The van der Waals surface area contributed by atoms with Crippen molar-refractivity contribution in [2.45, 2.75) is 18.4 Å². The first-order chi connectivity index (χ1) is 12.4. The minimum atomic E-state index is -0.888. The van der Waals surface area contributed by atoms with E-state index in [2.05, 4.69) is 20.9 Å². The number of phenols is 1. The summed E-state index contributed by atoms with van der Waals surface area (Å²) >= 11 is 5.05. The molecule has 3 N–H and O–H groups in total. The van der Waals surface area contributed by atoms with Crippen LogP contribution < -0.4 is 10.5 Å². The van der Waals surface area contributed by atoms with Crippen molar-refractivity contribution in [2.75, 3.05) is 12.9 Å². The molecule has 2 aliphatic rings. The van der Waals surface area contributed by atoms with E-state index < -0.39 is 11.4 Å². The molecule has 0 saturated carbocycles. The molecule has 1 aliphatic carbocycles. The lowest BCUT2D eigenvalue weighted by molar-refractivity contribution is 0.260. The quantitative estimate of drug-likeness (QED) is 0.752. The number of halogens is 2. The van der Waals surface area contributed by atoms with E-state index in [-0.39, 0.29) is 11.7 Å². The van der Waals surface area contributed by atoms with Crippen LogP contribution in [-0.2, 0) is 18.4 Å². The number of fused-ring (bicyclic) bond motifs is 2. The van der Waals surface area contributed by atoms with Gasteiger partial charge in [-0.25, -0.2) is 9.37 Å². The van der Waals surface area contributed by atoms with Crippen LogP contribution in [-0.4, -0.2) is 28.1 Å². The van der Waals surface area contributed by atoms with Gasteiger partial charge < -0.3 is 15.6 Å². The largest absolute Gasteiger partial charge is 0.508 e. The first-order valence-corrected chi connectivity index (χ1v) is 9.90. The Morgan fingerprint density at radius 1 is 1.42 bits per heavy atom. The zero-order valence-electron chi connectivity index (χ0n) is 14.0. The van der Waals surface area contributed by atoms with E-state index in [0.29, 0.717) is 29.5 Å². The average Bonchev–Trinajstić information content (AvgIpc) is 2.62. The van der Waals surface area contributed by atoms with Crippen molar-refractivity contribution in [1.82, 2.24) is 4.98 Å². The van der Waals surface area contributed by atoms with Crippen LogP contribution in [0.4, 0.5) is 4.39 Å². The molecule has 2 aromatic rings. The Bertz CT molecular complexity index is 924. The lowest BCUT2D eigenvalue weighted by atomic mass is 9.67. The summed E-state index contributed by atoms with van der Waals surface area (Å²) in [4.78, 5) is 9.05. The number of aliphatic imine (C=N–C) groups is 1. The maximum absolute atomic E-state index is 14.8. The van der Waals surface area contributed by atoms with Gasteiger partial charge in [-0.3, -0.25) is 4.99 Å². The Labute approximate surface area is 163 Å². The van der Waals surface area contributed by atoms with Crippen LogP contribution in [0.15, 0.2) is 33.9 Å². The number of hydrogen-bond acceptors (Lipinski definition) is 6. The predicted octanol–water partition coefficient (Wildman–Crippen LogP) is 3.37. The van der Waals surface area contributed by atoms with Crippen LogP contribution in [0, 0.1) is 11.7 Å². The third kappa shape index (κ3) is 2.66. The highest BCUT2D eigenvalue weighted by atomic mass is 79.9. The molecule has 8 heteroatoms. The molecule has 1 aromatic heterocycles. The maximum Gasteiger partial charge on any atom is 0.216 e. The number of rotatable bonds is 2. The highest BCUT2D eigenvalue weighted by molar-refractivity contribution is 9.10. The maximum atomic E-state index is 14.8. The van der Waals surface area contributed by atoms with Crippen molar-refractivity contribution in [3.8, 4) is 11.6 Å². The van der Waals surface area contributed by atoms with Gasteiger partial charge in [-0.2, -0.15) is 0 Å². The topological polar surface area (TPSA) is 80.7 Å². The molecule has 0 radical (unpaired) electrons. The molecular weight excluding hydrogens is 421 g/mol. The Hall–Kier alpha value is -1.80. The van der Waals surface area contributed by atoms with Gasteiger partial charge in [0.1, 0.15) is 11.6 Å². The molecule has 5 nitrogen and oxygen atoms in total. The molecule has 2 unspecified atom stereocenters. The summed E-state index contributed by atoms with van der Waals surface area (Å²) < 4.78 is 21.2. The van der Waals surface area contributed by atoms with Gasteiger partial charge in [0.25, 0.3) is 0 Å². The molecule has 0 spiro atoms. The van der Waals surface area contributed by atoms with E-state index >= 15 is 0 Å².